The quantitative estimate of drug-likeness (QED) is 0.343. The van der Waals surface area contributed by atoms with Crippen molar-refractivity contribution < 1.29 is 0 Å². The van der Waals surface area contributed by atoms with E-state index < -0.39 is 0 Å². The Hall–Kier alpha value is -1.57. The predicted octanol–water partition coefficient (Wildman–Crippen LogP) is 2.60. The van der Waals surface area contributed by atoms with Crippen LogP contribution in [0.5, 0.6) is 0 Å². The van der Waals surface area contributed by atoms with Crippen molar-refractivity contribution in [3.8, 4) is 0 Å². The van der Waals surface area contributed by atoms with Crippen molar-refractivity contribution in [1.82, 2.24) is 19.8 Å². The van der Waals surface area contributed by atoms with E-state index in [4.69, 9.17) is 0 Å². The summed E-state index contributed by atoms with van der Waals surface area (Å²) in [6.07, 6.45) is 6.67. The molecule has 1 heterocycles. The number of halogens is 1. The van der Waals surface area contributed by atoms with Gasteiger partial charge in [0.05, 0.1) is 12.9 Å². The van der Waals surface area contributed by atoms with Crippen LogP contribution in [0.4, 0.5) is 0 Å². The molecular formula is C16H24IN5. The summed E-state index contributed by atoms with van der Waals surface area (Å²) in [5.41, 5.74) is 1.22. The van der Waals surface area contributed by atoms with Crippen LogP contribution in [-0.2, 0) is 13.1 Å². The number of aromatic nitrogens is 2. The minimum absolute atomic E-state index is 0. The fourth-order valence-corrected chi connectivity index (χ4v) is 1.99. The van der Waals surface area contributed by atoms with E-state index in [0.717, 1.165) is 25.5 Å². The molecule has 0 bridgehead atoms. The highest BCUT2D eigenvalue weighted by atomic mass is 127. The highest BCUT2D eigenvalue weighted by Crippen LogP contribution is 2.00. The van der Waals surface area contributed by atoms with Crippen LogP contribution in [0.3, 0.4) is 0 Å². The molecule has 0 atom stereocenters. The zero-order chi connectivity index (χ0) is 14.9. The minimum Gasteiger partial charge on any atom is -0.356 e. The van der Waals surface area contributed by atoms with Crippen LogP contribution in [0.1, 0.15) is 12.0 Å². The molecule has 0 fully saturated rings. The number of guanidine groups is 1. The van der Waals surface area contributed by atoms with Crippen molar-refractivity contribution in [1.29, 1.82) is 0 Å². The zero-order valence-corrected chi connectivity index (χ0v) is 15.5. The molecule has 0 aliphatic heterocycles. The summed E-state index contributed by atoms with van der Waals surface area (Å²) in [5, 5.41) is 3.39. The average molecular weight is 413 g/mol. The number of imidazole rings is 1. The van der Waals surface area contributed by atoms with Gasteiger partial charge in [0.25, 0.3) is 0 Å². The number of hydrogen-bond donors (Lipinski definition) is 1. The van der Waals surface area contributed by atoms with Gasteiger partial charge in [-0.3, -0.25) is 0 Å². The molecular weight excluding hydrogens is 389 g/mol. The molecule has 0 radical (unpaired) electrons. The first kappa shape index (κ1) is 18.5. The summed E-state index contributed by atoms with van der Waals surface area (Å²) >= 11 is 0. The normalized spacial score (nSPS) is 10.9. The molecule has 0 saturated heterocycles. The molecule has 2 rings (SSSR count). The predicted molar refractivity (Wildman–Crippen MR) is 102 cm³/mol. The second kappa shape index (κ2) is 10.2. The SMILES string of the molecule is CN(C)C(=NCc1ccccc1)NCCCn1ccnc1.I. The van der Waals surface area contributed by atoms with Crippen molar-refractivity contribution in [3.05, 3.63) is 54.6 Å². The van der Waals surface area contributed by atoms with Gasteiger partial charge in [-0.05, 0) is 12.0 Å². The summed E-state index contributed by atoms with van der Waals surface area (Å²) in [6, 6.07) is 10.3. The van der Waals surface area contributed by atoms with Crippen LogP contribution >= 0.6 is 24.0 Å². The van der Waals surface area contributed by atoms with Gasteiger partial charge >= 0.3 is 0 Å². The fraction of sp³-hybridized carbons (Fsp3) is 0.375. The van der Waals surface area contributed by atoms with Crippen molar-refractivity contribution in [2.45, 2.75) is 19.5 Å². The number of nitrogens with one attached hydrogen (secondary N) is 1. The van der Waals surface area contributed by atoms with Crippen LogP contribution in [0.15, 0.2) is 54.0 Å². The van der Waals surface area contributed by atoms with Crippen molar-refractivity contribution in [2.75, 3.05) is 20.6 Å². The monoisotopic (exact) mass is 413 g/mol. The Morgan fingerprint density at radius 2 is 2.05 bits per heavy atom. The molecule has 0 amide bonds. The smallest absolute Gasteiger partial charge is 0.193 e. The molecule has 6 heteroatoms. The molecule has 0 aliphatic rings. The maximum atomic E-state index is 4.64. The van der Waals surface area contributed by atoms with Gasteiger partial charge < -0.3 is 14.8 Å². The van der Waals surface area contributed by atoms with Crippen LogP contribution in [0.25, 0.3) is 0 Å². The minimum atomic E-state index is 0. The van der Waals surface area contributed by atoms with Crippen molar-refractivity contribution in [2.24, 2.45) is 4.99 Å². The van der Waals surface area contributed by atoms with Crippen LogP contribution in [-0.4, -0.2) is 41.1 Å². The summed E-state index contributed by atoms with van der Waals surface area (Å²) in [7, 11) is 4.01. The van der Waals surface area contributed by atoms with Gasteiger partial charge in [0, 0.05) is 39.6 Å². The van der Waals surface area contributed by atoms with Gasteiger partial charge in [0.2, 0.25) is 0 Å². The van der Waals surface area contributed by atoms with Crippen molar-refractivity contribution in [3.63, 3.8) is 0 Å². The molecule has 1 aromatic carbocycles. The van der Waals surface area contributed by atoms with E-state index in [1.807, 2.05) is 49.7 Å². The Balaban J connectivity index is 0.00000242. The third-order valence-electron chi connectivity index (χ3n) is 3.11. The second-order valence-electron chi connectivity index (χ2n) is 5.10. The van der Waals surface area contributed by atoms with Crippen LogP contribution in [0, 0.1) is 0 Å². The van der Waals surface area contributed by atoms with Crippen molar-refractivity contribution >= 4 is 29.9 Å². The Bertz CT molecular complexity index is 537. The second-order valence-corrected chi connectivity index (χ2v) is 5.10. The summed E-state index contributed by atoms with van der Waals surface area (Å²) in [4.78, 5) is 10.7. The molecule has 0 unspecified atom stereocenters. The highest BCUT2D eigenvalue weighted by molar-refractivity contribution is 14.0. The molecule has 0 aliphatic carbocycles. The molecule has 0 saturated carbocycles. The van der Waals surface area contributed by atoms with E-state index in [1.165, 1.54) is 5.56 Å². The third-order valence-corrected chi connectivity index (χ3v) is 3.11. The number of benzene rings is 1. The van der Waals surface area contributed by atoms with Gasteiger partial charge in [-0.1, -0.05) is 30.3 Å². The van der Waals surface area contributed by atoms with Gasteiger partial charge in [0.15, 0.2) is 5.96 Å². The van der Waals surface area contributed by atoms with E-state index in [9.17, 15) is 0 Å². The lowest BCUT2D eigenvalue weighted by Crippen LogP contribution is -2.37. The van der Waals surface area contributed by atoms with Gasteiger partial charge in [-0.15, -0.1) is 24.0 Å². The summed E-state index contributed by atoms with van der Waals surface area (Å²) in [6.45, 7) is 2.55. The average Bonchev–Trinajstić information content (AvgIpc) is 3.00. The number of aryl methyl sites for hydroxylation is 1. The van der Waals surface area contributed by atoms with Crippen LogP contribution in [0.2, 0.25) is 0 Å². The number of aliphatic imine (C=N–C) groups is 1. The number of hydrogen-bond acceptors (Lipinski definition) is 2. The molecule has 5 nitrogen and oxygen atoms in total. The standard InChI is InChI=1S/C16H23N5.HI/c1-20(2)16(19-13-15-7-4-3-5-8-15)18-9-6-11-21-12-10-17-14-21;/h3-5,7-8,10,12,14H,6,9,11,13H2,1-2H3,(H,18,19);1H. The number of nitrogens with zero attached hydrogens (tertiary/aromatic N) is 4. The summed E-state index contributed by atoms with van der Waals surface area (Å²) in [5.74, 6) is 0.921. The first-order valence-corrected chi connectivity index (χ1v) is 7.21. The van der Waals surface area contributed by atoms with Gasteiger partial charge in [0.1, 0.15) is 0 Å². The van der Waals surface area contributed by atoms with E-state index in [1.54, 1.807) is 6.20 Å². The fourth-order valence-electron chi connectivity index (χ4n) is 1.99. The molecule has 1 N–H and O–H groups in total. The third kappa shape index (κ3) is 6.46. The first-order chi connectivity index (χ1) is 10.3. The van der Waals surface area contributed by atoms with Crippen LogP contribution < -0.4 is 5.32 Å². The molecule has 2 aromatic rings. The maximum Gasteiger partial charge on any atom is 0.193 e. The topological polar surface area (TPSA) is 45.5 Å². The molecule has 0 spiro atoms. The van der Waals surface area contributed by atoms with Gasteiger partial charge in [-0.2, -0.15) is 0 Å². The van der Waals surface area contributed by atoms with E-state index in [0.29, 0.717) is 6.54 Å². The number of rotatable bonds is 6. The Morgan fingerprint density at radius 3 is 2.68 bits per heavy atom. The molecule has 1 aromatic heterocycles. The summed E-state index contributed by atoms with van der Waals surface area (Å²) < 4.78 is 2.08. The molecule has 22 heavy (non-hydrogen) atoms. The lowest BCUT2D eigenvalue weighted by atomic mass is 10.2. The first-order valence-electron chi connectivity index (χ1n) is 7.21. The Morgan fingerprint density at radius 1 is 1.27 bits per heavy atom. The highest BCUT2D eigenvalue weighted by Gasteiger charge is 2.01. The lowest BCUT2D eigenvalue weighted by Gasteiger charge is -2.17. The zero-order valence-electron chi connectivity index (χ0n) is 13.1. The van der Waals surface area contributed by atoms with E-state index >= 15 is 0 Å². The van der Waals surface area contributed by atoms with Gasteiger partial charge in [-0.25, -0.2) is 9.98 Å². The Labute approximate surface area is 149 Å². The Kier molecular flexibility index (Phi) is 8.57. The van der Waals surface area contributed by atoms with E-state index in [-0.39, 0.29) is 24.0 Å². The lowest BCUT2D eigenvalue weighted by molar-refractivity contribution is 0.560. The van der Waals surface area contributed by atoms with E-state index in [2.05, 4.69) is 32.0 Å². The maximum absolute atomic E-state index is 4.64. The molecule has 120 valence electrons. The largest absolute Gasteiger partial charge is 0.356 e.